The first-order valence-corrected chi connectivity index (χ1v) is 6.25. The standard InChI is InChI=1S/C15H15N3O3/c1-20-14-5-3-2-4-13(14)18-17-12-8-6-11(7-9-12)10-21-15(16)19/h2-9H,10H2,1H3,(H2,16,19)/b18-17+. The molecule has 21 heavy (non-hydrogen) atoms. The molecule has 0 spiro atoms. The molecule has 0 atom stereocenters. The number of benzene rings is 2. The molecule has 0 fully saturated rings. The molecule has 0 aromatic heterocycles. The van der Waals surface area contributed by atoms with Gasteiger partial charge in [-0.15, -0.1) is 5.11 Å². The lowest BCUT2D eigenvalue weighted by Gasteiger charge is -2.03. The molecular weight excluding hydrogens is 270 g/mol. The van der Waals surface area contributed by atoms with E-state index in [9.17, 15) is 4.79 Å². The normalized spacial score (nSPS) is 10.5. The number of primary amides is 1. The third-order valence-electron chi connectivity index (χ3n) is 2.68. The van der Waals surface area contributed by atoms with Crippen molar-refractivity contribution in [3.05, 3.63) is 54.1 Å². The second kappa shape index (κ2) is 7.04. The maximum atomic E-state index is 10.5. The van der Waals surface area contributed by atoms with Gasteiger partial charge in [-0.25, -0.2) is 4.79 Å². The van der Waals surface area contributed by atoms with Gasteiger partial charge in [-0.3, -0.25) is 0 Å². The van der Waals surface area contributed by atoms with Crippen molar-refractivity contribution in [1.29, 1.82) is 0 Å². The lowest BCUT2D eigenvalue weighted by Crippen LogP contribution is -2.12. The van der Waals surface area contributed by atoms with E-state index < -0.39 is 6.09 Å². The Morgan fingerprint density at radius 1 is 1.10 bits per heavy atom. The van der Waals surface area contributed by atoms with E-state index in [1.54, 1.807) is 31.4 Å². The third-order valence-corrected chi connectivity index (χ3v) is 2.68. The molecule has 0 saturated heterocycles. The fourth-order valence-corrected chi connectivity index (χ4v) is 1.64. The largest absolute Gasteiger partial charge is 0.494 e. The summed E-state index contributed by atoms with van der Waals surface area (Å²) >= 11 is 0. The second-order valence-electron chi connectivity index (χ2n) is 4.15. The summed E-state index contributed by atoms with van der Waals surface area (Å²) in [6.07, 6.45) is -0.796. The lowest BCUT2D eigenvalue weighted by molar-refractivity contribution is 0.150. The number of ether oxygens (including phenoxy) is 2. The van der Waals surface area contributed by atoms with Crippen LogP contribution >= 0.6 is 0 Å². The van der Waals surface area contributed by atoms with Gasteiger partial charge in [0, 0.05) is 0 Å². The lowest BCUT2D eigenvalue weighted by atomic mass is 10.2. The van der Waals surface area contributed by atoms with Gasteiger partial charge in [0.15, 0.2) is 0 Å². The Kier molecular flexibility index (Phi) is 4.87. The summed E-state index contributed by atoms with van der Waals surface area (Å²) in [5, 5.41) is 8.28. The zero-order chi connectivity index (χ0) is 15.1. The summed E-state index contributed by atoms with van der Waals surface area (Å²) in [5.74, 6) is 0.660. The Hall–Kier alpha value is -2.89. The number of para-hydroxylation sites is 1. The molecule has 0 bridgehead atoms. The van der Waals surface area contributed by atoms with Gasteiger partial charge in [0.05, 0.1) is 12.8 Å². The van der Waals surface area contributed by atoms with Gasteiger partial charge in [0.2, 0.25) is 0 Å². The monoisotopic (exact) mass is 285 g/mol. The fraction of sp³-hybridized carbons (Fsp3) is 0.133. The summed E-state index contributed by atoms with van der Waals surface area (Å²) in [5.41, 5.74) is 7.07. The minimum atomic E-state index is -0.796. The van der Waals surface area contributed by atoms with E-state index in [1.165, 1.54) is 0 Å². The van der Waals surface area contributed by atoms with Gasteiger partial charge < -0.3 is 15.2 Å². The summed E-state index contributed by atoms with van der Waals surface area (Å²) in [4.78, 5) is 10.5. The topological polar surface area (TPSA) is 86.3 Å². The number of amides is 1. The molecule has 0 radical (unpaired) electrons. The van der Waals surface area contributed by atoms with Crippen LogP contribution in [-0.2, 0) is 11.3 Å². The molecule has 2 aromatic rings. The van der Waals surface area contributed by atoms with E-state index in [0.29, 0.717) is 17.1 Å². The number of hydrogen-bond acceptors (Lipinski definition) is 5. The van der Waals surface area contributed by atoms with Crippen molar-refractivity contribution in [3.63, 3.8) is 0 Å². The van der Waals surface area contributed by atoms with E-state index >= 15 is 0 Å². The molecule has 2 rings (SSSR count). The predicted molar refractivity (Wildman–Crippen MR) is 78.0 cm³/mol. The van der Waals surface area contributed by atoms with Crippen LogP contribution in [0.15, 0.2) is 58.8 Å². The van der Waals surface area contributed by atoms with Crippen LogP contribution < -0.4 is 10.5 Å². The number of rotatable bonds is 5. The van der Waals surface area contributed by atoms with E-state index in [-0.39, 0.29) is 6.61 Å². The zero-order valence-electron chi connectivity index (χ0n) is 11.5. The van der Waals surface area contributed by atoms with Crippen LogP contribution in [0.3, 0.4) is 0 Å². The molecule has 0 saturated carbocycles. The van der Waals surface area contributed by atoms with Crippen LogP contribution in [-0.4, -0.2) is 13.2 Å². The Morgan fingerprint density at radius 2 is 1.81 bits per heavy atom. The van der Waals surface area contributed by atoms with E-state index in [0.717, 1.165) is 5.56 Å². The van der Waals surface area contributed by atoms with Gasteiger partial charge in [0.25, 0.3) is 0 Å². The van der Waals surface area contributed by atoms with Gasteiger partial charge in [0.1, 0.15) is 18.0 Å². The highest BCUT2D eigenvalue weighted by Crippen LogP contribution is 2.28. The van der Waals surface area contributed by atoms with Crippen molar-refractivity contribution >= 4 is 17.5 Å². The number of carbonyl (C=O) groups is 1. The van der Waals surface area contributed by atoms with Crippen molar-refractivity contribution in [2.45, 2.75) is 6.61 Å². The summed E-state index contributed by atoms with van der Waals surface area (Å²) < 4.78 is 9.89. The van der Waals surface area contributed by atoms with E-state index in [1.807, 2.05) is 24.3 Å². The maximum Gasteiger partial charge on any atom is 0.404 e. The fourth-order valence-electron chi connectivity index (χ4n) is 1.64. The maximum absolute atomic E-state index is 10.5. The smallest absolute Gasteiger partial charge is 0.404 e. The van der Waals surface area contributed by atoms with Gasteiger partial charge >= 0.3 is 6.09 Å². The first-order valence-electron chi connectivity index (χ1n) is 6.25. The van der Waals surface area contributed by atoms with Crippen molar-refractivity contribution in [3.8, 4) is 5.75 Å². The van der Waals surface area contributed by atoms with Crippen LogP contribution in [0.1, 0.15) is 5.56 Å². The number of hydrogen-bond donors (Lipinski definition) is 1. The van der Waals surface area contributed by atoms with Crippen LogP contribution in [0.25, 0.3) is 0 Å². The highest BCUT2D eigenvalue weighted by Gasteiger charge is 2.00. The number of azo groups is 1. The number of nitrogens with two attached hydrogens (primary N) is 1. The third kappa shape index (κ3) is 4.31. The first kappa shape index (κ1) is 14.5. The highest BCUT2D eigenvalue weighted by atomic mass is 16.5. The number of carbonyl (C=O) groups excluding carboxylic acids is 1. The highest BCUT2D eigenvalue weighted by molar-refractivity contribution is 5.64. The van der Waals surface area contributed by atoms with Crippen molar-refractivity contribution < 1.29 is 14.3 Å². The van der Waals surface area contributed by atoms with Crippen molar-refractivity contribution in [2.75, 3.05) is 7.11 Å². The first-order chi connectivity index (χ1) is 10.2. The Labute approximate surface area is 122 Å². The van der Waals surface area contributed by atoms with E-state index in [4.69, 9.17) is 15.2 Å². The second-order valence-corrected chi connectivity index (χ2v) is 4.15. The van der Waals surface area contributed by atoms with E-state index in [2.05, 4.69) is 10.2 Å². The van der Waals surface area contributed by atoms with Crippen LogP contribution in [0.5, 0.6) is 5.75 Å². The molecule has 1 amide bonds. The molecule has 0 aliphatic rings. The number of methoxy groups -OCH3 is 1. The molecule has 0 aliphatic carbocycles. The Morgan fingerprint density at radius 3 is 2.48 bits per heavy atom. The molecule has 108 valence electrons. The molecular formula is C15H15N3O3. The van der Waals surface area contributed by atoms with Crippen molar-refractivity contribution in [2.24, 2.45) is 16.0 Å². The number of nitrogens with zero attached hydrogens (tertiary/aromatic N) is 2. The summed E-state index contributed by atoms with van der Waals surface area (Å²) in [7, 11) is 1.59. The van der Waals surface area contributed by atoms with Crippen LogP contribution in [0.2, 0.25) is 0 Å². The average molecular weight is 285 g/mol. The van der Waals surface area contributed by atoms with Gasteiger partial charge in [-0.1, -0.05) is 24.3 Å². The molecule has 0 aliphatic heterocycles. The Balaban J connectivity index is 2.06. The minimum absolute atomic E-state index is 0.138. The summed E-state index contributed by atoms with van der Waals surface area (Å²) in [6.45, 7) is 0.138. The average Bonchev–Trinajstić information content (AvgIpc) is 2.52. The molecule has 0 unspecified atom stereocenters. The predicted octanol–water partition coefficient (Wildman–Crippen LogP) is 3.71. The molecule has 6 heteroatoms. The molecule has 2 N–H and O–H groups in total. The Bertz CT molecular complexity index is 639. The zero-order valence-corrected chi connectivity index (χ0v) is 11.5. The van der Waals surface area contributed by atoms with Gasteiger partial charge in [-0.05, 0) is 29.8 Å². The van der Waals surface area contributed by atoms with Crippen molar-refractivity contribution in [1.82, 2.24) is 0 Å². The minimum Gasteiger partial charge on any atom is -0.494 e. The molecule has 0 heterocycles. The van der Waals surface area contributed by atoms with Crippen LogP contribution in [0, 0.1) is 0 Å². The molecule has 2 aromatic carbocycles. The quantitative estimate of drug-likeness (QED) is 0.849. The van der Waals surface area contributed by atoms with Crippen LogP contribution in [0.4, 0.5) is 16.2 Å². The summed E-state index contributed by atoms with van der Waals surface area (Å²) in [6, 6.07) is 14.5. The SMILES string of the molecule is COc1ccccc1/N=N/c1ccc(COC(N)=O)cc1. The molecule has 6 nitrogen and oxygen atoms in total. The van der Waals surface area contributed by atoms with Gasteiger partial charge in [-0.2, -0.15) is 5.11 Å².